The van der Waals surface area contributed by atoms with Gasteiger partial charge in [-0.05, 0) is 19.1 Å². The molecule has 0 radical (unpaired) electrons. The van der Waals surface area contributed by atoms with Crippen LogP contribution < -0.4 is 4.72 Å². The van der Waals surface area contributed by atoms with E-state index >= 15 is 0 Å². The fraction of sp³-hybridized carbons (Fsp3) is 0.273. The minimum atomic E-state index is -0.495. The van der Waals surface area contributed by atoms with Crippen LogP contribution in [0.3, 0.4) is 0 Å². The number of thioether (sulfide) groups is 1. The van der Waals surface area contributed by atoms with E-state index in [9.17, 15) is 9.59 Å². The Kier molecular flexibility index (Phi) is 6.57. The Labute approximate surface area is 109 Å². The monoisotopic (exact) mass is 271 g/mol. The molecule has 6 heteroatoms. The molecule has 0 saturated heterocycles. The summed E-state index contributed by atoms with van der Waals surface area (Å²) < 4.78 is 7.08. The summed E-state index contributed by atoms with van der Waals surface area (Å²) >= 11 is 2.09. The molecule has 4 nitrogen and oxygen atoms in total. The molecule has 0 heterocycles. The van der Waals surface area contributed by atoms with Crippen LogP contribution in [0.5, 0.6) is 0 Å². The molecule has 1 N–H and O–H groups in total. The number of hydrogen-bond acceptors (Lipinski definition) is 5. The predicted octanol–water partition coefficient (Wildman–Crippen LogP) is 2.70. The van der Waals surface area contributed by atoms with Crippen LogP contribution in [0.25, 0.3) is 0 Å². The first-order chi connectivity index (χ1) is 8.22. The SMILES string of the molecule is CCOC(=O)SNC(=O)CSc1ccccc1. The van der Waals surface area contributed by atoms with E-state index in [-0.39, 0.29) is 11.7 Å². The lowest BCUT2D eigenvalue weighted by Gasteiger charge is -2.03. The quantitative estimate of drug-likeness (QED) is 0.518. The molecule has 1 amide bonds. The van der Waals surface area contributed by atoms with Crippen molar-refractivity contribution in [2.45, 2.75) is 11.8 Å². The maximum atomic E-state index is 11.4. The molecule has 0 unspecified atom stereocenters. The van der Waals surface area contributed by atoms with Gasteiger partial charge in [0.2, 0.25) is 5.91 Å². The van der Waals surface area contributed by atoms with Crippen LogP contribution in [-0.2, 0) is 9.53 Å². The highest BCUT2D eigenvalue weighted by molar-refractivity contribution is 8.12. The number of rotatable bonds is 4. The molecule has 0 aliphatic rings. The first-order valence-electron chi connectivity index (χ1n) is 5.02. The third-order valence-electron chi connectivity index (χ3n) is 1.62. The highest BCUT2D eigenvalue weighted by atomic mass is 32.2. The fourth-order valence-electron chi connectivity index (χ4n) is 0.941. The Morgan fingerprint density at radius 3 is 2.65 bits per heavy atom. The van der Waals surface area contributed by atoms with Crippen LogP contribution >= 0.6 is 23.7 Å². The zero-order valence-corrected chi connectivity index (χ0v) is 11.0. The van der Waals surface area contributed by atoms with Crippen LogP contribution in [0.2, 0.25) is 0 Å². The lowest BCUT2D eigenvalue weighted by atomic mass is 10.4. The van der Waals surface area contributed by atoms with Gasteiger partial charge in [-0.3, -0.25) is 9.52 Å². The van der Waals surface area contributed by atoms with Gasteiger partial charge in [-0.1, -0.05) is 18.2 Å². The number of hydrogen-bond donors (Lipinski definition) is 1. The van der Waals surface area contributed by atoms with Crippen molar-refractivity contribution in [3.05, 3.63) is 30.3 Å². The van der Waals surface area contributed by atoms with Gasteiger partial charge in [0.25, 0.3) is 0 Å². The molecule has 1 aromatic rings. The van der Waals surface area contributed by atoms with Gasteiger partial charge in [-0.25, -0.2) is 4.79 Å². The molecule has 1 aromatic carbocycles. The van der Waals surface area contributed by atoms with Gasteiger partial charge < -0.3 is 4.74 Å². The van der Waals surface area contributed by atoms with Crippen molar-refractivity contribution >= 4 is 34.9 Å². The van der Waals surface area contributed by atoms with Crippen LogP contribution in [0.1, 0.15) is 6.92 Å². The molecule has 0 aromatic heterocycles. The van der Waals surface area contributed by atoms with E-state index in [0.29, 0.717) is 18.6 Å². The number of carbonyl (C=O) groups is 2. The third-order valence-corrected chi connectivity index (χ3v) is 3.25. The second-order valence-corrected chi connectivity index (χ2v) is 4.70. The van der Waals surface area contributed by atoms with Crippen molar-refractivity contribution in [1.82, 2.24) is 4.72 Å². The van der Waals surface area contributed by atoms with E-state index in [1.165, 1.54) is 11.8 Å². The largest absolute Gasteiger partial charge is 0.457 e. The summed E-state index contributed by atoms with van der Waals surface area (Å²) in [6, 6.07) is 9.59. The highest BCUT2D eigenvalue weighted by Crippen LogP contribution is 2.16. The molecule has 0 fully saturated rings. The number of benzene rings is 1. The lowest BCUT2D eigenvalue weighted by molar-refractivity contribution is -0.116. The molecule has 0 aliphatic heterocycles. The van der Waals surface area contributed by atoms with Crippen molar-refractivity contribution in [1.29, 1.82) is 0 Å². The maximum Gasteiger partial charge on any atom is 0.388 e. The van der Waals surface area contributed by atoms with Gasteiger partial charge >= 0.3 is 5.30 Å². The van der Waals surface area contributed by atoms with E-state index in [2.05, 4.69) is 9.46 Å². The van der Waals surface area contributed by atoms with Gasteiger partial charge in [-0.2, -0.15) is 0 Å². The van der Waals surface area contributed by atoms with Gasteiger partial charge in [0.15, 0.2) is 0 Å². The Morgan fingerprint density at radius 1 is 1.29 bits per heavy atom. The molecule has 1 rings (SSSR count). The summed E-state index contributed by atoms with van der Waals surface area (Å²) in [6.45, 7) is 2.02. The second kappa shape index (κ2) is 8.03. The number of nitrogens with one attached hydrogen (secondary N) is 1. The van der Waals surface area contributed by atoms with Crippen molar-refractivity contribution in [3.8, 4) is 0 Å². The second-order valence-electron chi connectivity index (χ2n) is 2.91. The summed E-state index contributed by atoms with van der Waals surface area (Å²) in [5, 5.41) is -0.495. The van der Waals surface area contributed by atoms with Crippen molar-refractivity contribution in [2.24, 2.45) is 0 Å². The Balaban J connectivity index is 2.20. The molecule has 0 bridgehead atoms. The molecular weight excluding hydrogens is 258 g/mol. The van der Waals surface area contributed by atoms with E-state index in [0.717, 1.165) is 4.90 Å². The zero-order chi connectivity index (χ0) is 12.5. The Hall–Kier alpha value is -1.14. The molecule has 0 aliphatic carbocycles. The van der Waals surface area contributed by atoms with Gasteiger partial charge in [0, 0.05) is 4.90 Å². The first-order valence-corrected chi connectivity index (χ1v) is 6.83. The van der Waals surface area contributed by atoms with Crippen LogP contribution in [0, 0.1) is 0 Å². The minimum Gasteiger partial charge on any atom is -0.457 e. The molecule has 92 valence electrons. The average molecular weight is 271 g/mol. The van der Waals surface area contributed by atoms with Crippen molar-refractivity contribution in [3.63, 3.8) is 0 Å². The van der Waals surface area contributed by atoms with E-state index in [1.807, 2.05) is 30.3 Å². The molecule has 0 saturated carbocycles. The van der Waals surface area contributed by atoms with Crippen molar-refractivity contribution < 1.29 is 14.3 Å². The van der Waals surface area contributed by atoms with Crippen LogP contribution in [0.15, 0.2) is 35.2 Å². The minimum absolute atomic E-state index is 0.211. The summed E-state index contributed by atoms with van der Waals surface area (Å²) in [5.74, 6) is 0.0630. The topological polar surface area (TPSA) is 55.4 Å². The highest BCUT2D eigenvalue weighted by Gasteiger charge is 2.07. The first kappa shape index (κ1) is 13.9. The molecule has 17 heavy (non-hydrogen) atoms. The van der Waals surface area contributed by atoms with E-state index < -0.39 is 5.30 Å². The normalized spacial score (nSPS) is 9.71. The molecule has 0 atom stereocenters. The molecular formula is C11H13NO3S2. The zero-order valence-electron chi connectivity index (χ0n) is 9.34. The summed E-state index contributed by atoms with van der Waals surface area (Å²) in [6.07, 6.45) is 0. The van der Waals surface area contributed by atoms with Crippen molar-refractivity contribution in [2.75, 3.05) is 12.4 Å². The number of carbonyl (C=O) groups excluding carboxylic acids is 2. The van der Waals surface area contributed by atoms with Gasteiger partial charge in [0.05, 0.1) is 24.3 Å². The average Bonchev–Trinajstić information content (AvgIpc) is 2.35. The predicted molar refractivity (Wildman–Crippen MR) is 69.9 cm³/mol. The standard InChI is InChI=1S/C11H13NO3S2/c1-2-15-11(14)17-12-10(13)8-16-9-6-4-3-5-7-9/h3-7H,2,8H2,1H3,(H,12,13). The fourth-order valence-corrected chi connectivity index (χ4v) is 2.20. The number of ether oxygens (including phenoxy) is 1. The summed E-state index contributed by atoms with van der Waals surface area (Å²) in [4.78, 5) is 23.3. The molecule has 0 spiro atoms. The smallest absolute Gasteiger partial charge is 0.388 e. The summed E-state index contributed by atoms with van der Waals surface area (Å²) in [5.41, 5.74) is 0. The third kappa shape index (κ3) is 6.23. The van der Waals surface area contributed by atoms with Gasteiger partial charge in [0.1, 0.15) is 0 Å². The number of amides is 1. The maximum absolute atomic E-state index is 11.4. The lowest BCUT2D eigenvalue weighted by Crippen LogP contribution is -2.20. The Morgan fingerprint density at radius 2 is 2.00 bits per heavy atom. The van der Waals surface area contributed by atoms with E-state index in [1.54, 1.807) is 6.92 Å². The van der Waals surface area contributed by atoms with E-state index in [4.69, 9.17) is 0 Å². The Bertz CT molecular complexity index is 370. The van der Waals surface area contributed by atoms with Crippen LogP contribution in [-0.4, -0.2) is 23.6 Å². The summed E-state index contributed by atoms with van der Waals surface area (Å²) in [7, 11) is 0. The van der Waals surface area contributed by atoms with Gasteiger partial charge in [-0.15, -0.1) is 11.8 Å². The van der Waals surface area contributed by atoms with Crippen LogP contribution in [0.4, 0.5) is 4.79 Å².